The fourth-order valence-corrected chi connectivity index (χ4v) is 4.37. The fourth-order valence-electron chi connectivity index (χ4n) is 4.37. The SMILES string of the molecule is CO[C@@]12CC[C@H](OCC3CC3)C[C@@H]1N(C(=O)c1ccoc1C)CC2. The minimum atomic E-state index is -0.202. The number of hydrogen-bond donors (Lipinski definition) is 0. The summed E-state index contributed by atoms with van der Waals surface area (Å²) in [6.07, 6.45) is 8.24. The van der Waals surface area contributed by atoms with Crippen LogP contribution < -0.4 is 0 Å². The average Bonchev–Trinajstić information content (AvgIpc) is 3.21. The maximum Gasteiger partial charge on any atom is 0.257 e. The highest BCUT2D eigenvalue weighted by Crippen LogP contribution is 2.44. The Labute approximate surface area is 143 Å². The number of fused-ring (bicyclic) bond motifs is 1. The summed E-state index contributed by atoms with van der Waals surface area (Å²) in [6, 6.07) is 1.87. The van der Waals surface area contributed by atoms with Crippen LogP contribution in [-0.2, 0) is 9.47 Å². The third-order valence-corrected chi connectivity index (χ3v) is 6.16. The number of amides is 1. The highest BCUT2D eigenvalue weighted by Gasteiger charge is 2.53. The molecule has 24 heavy (non-hydrogen) atoms. The zero-order valence-electron chi connectivity index (χ0n) is 14.6. The molecular weight excluding hydrogens is 306 g/mol. The summed E-state index contributed by atoms with van der Waals surface area (Å²) in [5.41, 5.74) is 0.468. The third-order valence-electron chi connectivity index (χ3n) is 6.16. The molecular formula is C19H27NO4. The Balaban J connectivity index is 1.50. The van der Waals surface area contributed by atoms with Gasteiger partial charge in [0, 0.05) is 20.3 Å². The largest absolute Gasteiger partial charge is 0.469 e. The molecule has 4 rings (SSSR count). The third kappa shape index (κ3) is 2.78. The van der Waals surface area contributed by atoms with E-state index in [4.69, 9.17) is 13.9 Å². The molecule has 1 amide bonds. The van der Waals surface area contributed by atoms with Crippen LogP contribution in [-0.4, -0.2) is 48.8 Å². The molecule has 0 spiro atoms. The lowest BCUT2D eigenvalue weighted by atomic mass is 9.79. The van der Waals surface area contributed by atoms with Gasteiger partial charge in [-0.15, -0.1) is 0 Å². The van der Waals surface area contributed by atoms with Crippen molar-refractivity contribution in [2.75, 3.05) is 20.3 Å². The first kappa shape index (κ1) is 16.2. The Kier molecular flexibility index (Phi) is 4.17. The molecule has 0 bridgehead atoms. The lowest BCUT2D eigenvalue weighted by Crippen LogP contribution is -2.53. The summed E-state index contributed by atoms with van der Waals surface area (Å²) >= 11 is 0. The van der Waals surface area contributed by atoms with Crippen LogP contribution in [0.4, 0.5) is 0 Å². The number of furan rings is 1. The lowest BCUT2D eigenvalue weighted by Gasteiger charge is -2.43. The Morgan fingerprint density at radius 2 is 2.21 bits per heavy atom. The van der Waals surface area contributed by atoms with Crippen LogP contribution in [0.3, 0.4) is 0 Å². The van der Waals surface area contributed by atoms with Gasteiger partial charge in [0.25, 0.3) is 5.91 Å². The van der Waals surface area contributed by atoms with E-state index in [1.54, 1.807) is 19.4 Å². The van der Waals surface area contributed by atoms with Gasteiger partial charge in [0.05, 0.1) is 29.6 Å². The standard InChI is InChI=1S/C19H27NO4/c1-13-16(6-10-23-13)18(21)20-9-8-19(22-2)7-5-15(11-17(19)20)24-12-14-3-4-14/h6,10,14-15,17H,3-5,7-9,11-12H2,1-2H3/t15-,17-,19+/m0/s1. The molecule has 1 aromatic rings. The van der Waals surface area contributed by atoms with Crippen LogP contribution in [0.15, 0.2) is 16.7 Å². The number of carbonyl (C=O) groups is 1. The van der Waals surface area contributed by atoms with E-state index in [1.165, 1.54) is 12.8 Å². The van der Waals surface area contributed by atoms with Crippen molar-refractivity contribution in [2.45, 2.75) is 63.2 Å². The van der Waals surface area contributed by atoms with Crippen LogP contribution in [0.2, 0.25) is 0 Å². The number of ether oxygens (including phenoxy) is 2. The van der Waals surface area contributed by atoms with Crippen molar-refractivity contribution in [2.24, 2.45) is 5.92 Å². The van der Waals surface area contributed by atoms with Gasteiger partial charge in [-0.1, -0.05) is 0 Å². The molecule has 5 heteroatoms. The molecule has 1 aromatic heterocycles. The van der Waals surface area contributed by atoms with Gasteiger partial charge in [-0.05, 0) is 57.4 Å². The summed E-state index contributed by atoms with van der Waals surface area (Å²) in [7, 11) is 1.79. The molecule has 5 nitrogen and oxygen atoms in total. The zero-order valence-corrected chi connectivity index (χ0v) is 14.6. The summed E-state index contributed by atoms with van der Waals surface area (Å²) in [6.45, 7) is 3.47. The maximum atomic E-state index is 13.0. The van der Waals surface area contributed by atoms with Crippen molar-refractivity contribution in [3.05, 3.63) is 23.7 Å². The number of likely N-dealkylation sites (tertiary alicyclic amines) is 1. The summed E-state index contributed by atoms with van der Waals surface area (Å²) in [5, 5.41) is 0. The molecule has 0 aromatic carbocycles. The Morgan fingerprint density at radius 3 is 2.88 bits per heavy atom. The molecule has 1 aliphatic heterocycles. The fraction of sp³-hybridized carbons (Fsp3) is 0.737. The van der Waals surface area contributed by atoms with Gasteiger partial charge in [-0.3, -0.25) is 4.79 Å². The van der Waals surface area contributed by atoms with Crippen LogP contribution in [0.5, 0.6) is 0 Å². The Bertz CT molecular complexity index is 608. The number of hydrogen-bond acceptors (Lipinski definition) is 4. The minimum Gasteiger partial charge on any atom is -0.469 e. The predicted molar refractivity (Wildman–Crippen MR) is 88.9 cm³/mol. The van der Waals surface area contributed by atoms with Crippen molar-refractivity contribution in [3.63, 3.8) is 0 Å². The average molecular weight is 333 g/mol. The molecule has 132 valence electrons. The van der Waals surface area contributed by atoms with Crippen LogP contribution >= 0.6 is 0 Å². The molecule has 0 unspecified atom stereocenters. The van der Waals surface area contributed by atoms with Crippen molar-refractivity contribution in [1.82, 2.24) is 4.90 Å². The zero-order chi connectivity index (χ0) is 16.7. The maximum absolute atomic E-state index is 13.0. The van der Waals surface area contributed by atoms with Gasteiger partial charge in [0.2, 0.25) is 0 Å². The molecule has 1 saturated heterocycles. The second-order valence-corrected chi connectivity index (χ2v) is 7.60. The Morgan fingerprint density at radius 1 is 1.38 bits per heavy atom. The van der Waals surface area contributed by atoms with E-state index in [0.717, 1.165) is 44.8 Å². The number of aryl methyl sites for hydroxylation is 1. The van der Waals surface area contributed by atoms with E-state index in [2.05, 4.69) is 0 Å². The van der Waals surface area contributed by atoms with Gasteiger partial charge >= 0.3 is 0 Å². The second kappa shape index (κ2) is 6.19. The number of methoxy groups -OCH3 is 1. The molecule has 0 N–H and O–H groups in total. The molecule has 2 heterocycles. The van der Waals surface area contributed by atoms with Gasteiger partial charge < -0.3 is 18.8 Å². The molecule has 0 radical (unpaired) electrons. The van der Waals surface area contributed by atoms with Crippen molar-refractivity contribution >= 4 is 5.91 Å². The predicted octanol–water partition coefficient (Wildman–Crippen LogP) is 3.17. The number of nitrogens with zero attached hydrogens (tertiary/aromatic N) is 1. The quantitative estimate of drug-likeness (QED) is 0.830. The van der Waals surface area contributed by atoms with Gasteiger partial charge in [0.15, 0.2) is 0 Å². The van der Waals surface area contributed by atoms with Crippen LogP contribution in [0, 0.1) is 12.8 Å². The first-order valence-electron chi connectivity index (χ1n) is 9.15. The van der Waals surface area contributed by atoms with Gasteiger partial charge in [0.1, 0.15) is 5.76 Å². The van der Waals surface area contributed by atoms with E-state index >= 15 is 0 Å². The first-order chi connectivity index (χ1) is 11.6. The monoisotopic (exact) mass is 333 g/mol. The molecule has 3 atom stereocenters. The number of carbonyl (C=O) groups excluding carboxylic acids is 1. The van der Waals surface area contributed by atoms with E-state index in [0.29, 0.717) is 11.3 Å². The van der Waals surface area contributed by atoms with Crippen LogP contribution in [0.25, 0.3) is 0 Å². The molecule has 2 saturated carbocycles. The Hall–Kier alpha value is -1.33. The molecule has 2 aliphatic carbocycles. The normalized spacial score (nSPS) is 32.8. The van der Waals surface area contributed by atoms with Gasteiger partial charge in [-0.25, -0.2) is 0 Å². The smallest absolute Gasteiger partial charge is 0.257 e. The highest BCUT2D eigenvalue weighted by molar-refractivity contribution is 5.95. The van der Waals surface area contributed by atoms with Crippen molar-refractivity contribution in [3.8, 4) is 0 Å². The minimum absolute atomic E-state index is 0.0630. The van der Waals surface area contributed by atoms with E-state index in [1.807, 2.05) is 11.8 Å². The van der Waals surface area contributed by atoms with Crippen molar-refractivity contribution in [1.29, 1.82) is 0 Å². The molecule has 3 aliphatic rings. The molecule has 3 fully saturated rings. The summed E-state index contributed by atoms with van der Waals surface area (Å²) < 4.78 is 17.4. The van der Waals surface area contributed by atoms with E-state index in [-0.39, 0.29) is 23.7 Å². The highest BCUT2D eigenvalue weighted by atomic mass is 16.5. The first-order valence-corrected chi connectivity index (χ1v) is 9.15. The summed E-state index contributed by atoms with van der Waals surface area (Å²) in [5.74, 6) is 1.52. The second-order valence-electron chi connectivity index (χ2n) is 7.60. The number of rotatable bonds is 5. The van der Waals surface area contributed by atoms with E-state index < -0.39 is 0 Å². The topological polar surface area (TPSA) is 51.9 Å². The van der Waals surface area contributed by atoms with Gasteiger partial charge in [-0.2, -0.15) is 0 Å². The lowest BCUT2D eigenvalue weighted by molar-refractivity contribution is -0.0977. The van der Waals surface area contributed by atoms with E-state index in [9.17, 15) is 4.79 Å². The summed E-state index contributed by atoms with van der Waals surface area (Å²) in [4.78, 5) is 15.0. The van der Waals surface area contributed by atoms with Crippen molar-refractivity contribution < 1.29 is 18.7 Å². The van der Waals surface area contributed by atoms with Crippen LogP contribution in [0.1, 0.15) is 54.6 Å².